The SMILES string of the molecule is Cc1cn2nc([C@@H]3CCCCN3C(=O)C(N)c3ccccc3N(C)C)cc2nc1C1CC[C@H](N)C1. The summed E-state index contributed by atoms with van der Waals surface area (Å²) in [6.07, 6.45) is 8.11. The third kappa shape index (κ3) is 4.52. The predicted molar refractivity (Wildman–Crippen MR) is 138 cm³/mol. The minimum Gasteiger partial charge on any atom is -0.377 e. The summed E-state index contributed by atoms with van der Waals surface area (Å²) in [5.74, 6) is 0.363. The first-order valence-corrected chi connectivity index (χ1v) is 12.8. The molecule has 2 aliphatic rings. The van der Waals surface area contributed by atoms with Crippen LogP contribution in [0.2, 0.25) is 0 Å². The van der Waals surface area contributed by atoms with Gasteiger partial charge in [-0.15, -0.1) is 0 Å². The van der Waals surface area contributed by atoms with Crippen LogP contribution < -0.4 is 16.4 Å². The van der Waals surface area contributed by atoms with Crippen molar-refractivity contribution in [2.24, 2.45) is 11.5 Å². The van der Waals surface area contributed by atoms with E-state index in [-0.39, 0.29) is 18.0 Å². The van der Waals surface area contributed by atoms with Crippen molar-refractivity contribution in [1.82, 2.24) is 19.5 Å². The molecule has 4 N–H and O–H groups in total. The number of likely N-dealkylation sites (tertiary alicyclic amines) is 1. The van der Waals surface area contributed by atoms with Gasteiger partial charge in [-0.2, -0.15) is 5.10 Å². The molecular weight excluding hydrogens is 438 g/mol. The van der Waals surface area contributed by atoms with Gasteiger partial charge in [-0.25, -0.2) is 9.50 Å². The van der Waals surface area contributed by atoms with E-state index in [0.29, 0.717) is 12.5 Å². The monoisotopic (exact) mass is 475 g/mol. The Bertz CT molecular complexity index is 1220. The number of hydrogen-bond acceptors (Lipinski definition) is 6. The summed E-state index contributed by atoms with van der Waals surface area (Å²) in [5, 5.41) is 4.88. The molecule has 2 unspecified atom stereocenters. The van der Waals surface area contributed by atoms with Crippen LogP contribution in [0.25, 0.3) is 5.65 Å². The van der Waals surface area contributed by atoms with E-state index in [9.17, 15) is 4.79 Å². The molecule has 8 heteroatoms. The number of benzene rings is 1. The molecule has 1 aromatic carbocycles. The van der Waals surface area contributed by atoms with E-state index in [2.05, 4.69) is 13.1 Å². The van der Waals surface area contributed by atoms with Crippen LogP contribution in [0.1, 0.15) is 79.0 Å². The van der Waals surface area contributed by atoms with E-state index in [1.165, 1.54) is 0 Å². The van der Waals surface area contributed by atoms with Gasteiger partial charge in [0.1, 0.15) is 6.04 Å². The number of hydrogen-bond donors (Lipinski definition) is 2. The largest absolute Gasteiger partial charge is 0.377 e. The molecular formula is C27H37N7O. The van der Waals surface area contributed by atoms with E-state index in [4.69, 9.17) is 21.5 Å². The summed E-state index contributed by atoms with van der Waals surface area (Å²) >= 11 is 0. The van der Waals surface area contributed by atoms with Gasteiger partial charge in [-0.3, -0.25) is 4.79 Å². The van der Waals surface area contributed by atoms with Gasteiger partial charge in [0.25, 0.3) is 0 Å². The second kappa shape index (κ2) is 9.59. The van der Waals surface area contributed by atoms with E-state index >= 15 is 0 Å². The lowest BCUT2D eigenvalue weighted by Crippen LogP contribution is -2.43. The molecule has 3 aromatic rings. The van der Waals surface area contributed by atoms with Gasteiger partial charge in [0.05, 0.1) is 17.4 Å². The third-order valence-electron chi connectivity index (χ3n) is 7.70. The number of rotatable bonds is 5. The van der Waals surface area contributed by atoms with Crippen molar-refractivity contribution < 1.29 is 4.79 Å². The quantitative estimate of drug-likeness (QED) is 0.585. The van der Waals surface area contributed by atoms with Crippen molar-refractivity contribution in [3.05, 3.63) is 59.0 Å². The molecule has 4 atom stereocenters. The number of nitrogens with two attached hydrogens (primary N) is 2. The average molecular weight is 476 g/mol. The van der Waals surface area contributed by atoms with Crippen molar-refractivity contribution in [3.8, 4) is 0 Å². The molecule has 0 radical (unpaired) electrons. The number of piperidine rings is 1. The van der Waals surface area contributed by atoms with Crippen LogP contribution in [0.15, 0.2) is 36.5 Å². The standard InChI is InChI=1S/C27H37N7O/c1-17-16-34-24(30-26(17)18-11-12-19(28)14-18)15-21(31-34)23-10-6-7-13-33(23)27(35)25(29)20-8-4-5-9-22(20)32(2)3/h4-5,8-9,15-16,18-19,23,25H,6-7,10-14,28-29H2,1-3H3/t18?,19-,23-,25?/m0/s1. The highest BCUT2D eigenvalue weighted by Crippen LogP contribution is 2.36. The maximum atomic E-state index is 13.7. The molecule has 2 aromatic heterocycles. The number of aryl methyl sites for hydroxylation is 1. The number of carbonyl (C=O) groups is 1. The highest BCUT2D eigenvalue weighted by atomic mass is 16.2. The molecule has 186 valence electrons. The Morgan fingerprint density at radius 2 is 1.97 bits per heavy atom. The fraction of sp³-hybridized carbons (Fsp3) is 0.519. The van der Waals surface area contributed by atoms with Gasteiger partial charge in [-0.05, 0) is 57.1 Å². The molecule has 3 heterocycles. The smallest absolute Gasteiger partial charge is 0.244 e. The Morgan fingerprint density at radius 3 is 2.71 bits per heavy atom. The predicted octanol–water partition coefficient (Wildman–Crippen LogP) is 3.45. The van der Waals surface area contributed by atoms with Gasteiger partial charge >= 0.3 is 0 Å². The first-order valence-electron chi connectivity index (χ1n) is 12.8. The topological polar surface area (TPSA) is 106 Å². The summed E-state index contributed by atoms with van der Waals surface area (Å²) in [4.78, 5) is 22.6. The van der Waals surface area contributed by atoms with Gasteiger partial charge in [-0.1, -0.05) is 18.2 Å². The molecule has 8 nitrogen and oxygen atoms in total. The lowest BCUT2D eigenvalue weighted by Gasteiger charge is -2.36. The van der Waals surface area contributed by atoms with Crippen molar-refractivity contribution in [2.45, 2.75) is 69.5 Å². The number of nitrogens with zero attached hydrogens (tertiary/aromatic N) is 5. The number of carbonyl (C=O) groups excluding carboxylic acids is 1. The highest BCUT2D eigenvalue weighted by molar-refractivity contribution is 5.85. The minimum atomic E-state index is -0.718. The van der Waals surface area contributed by atoms with Crippen LogP contribution in [0.5, 0.6) is 0 Å². The first-order chi connectivity index (χ1) is 16.8. The van der Waals surface area contributed by atoms with Crippen LogP contribution in [0.3, 0.4) is 0 Å². The number of amides is 1. The Labute approximate surface area is 207 Å². The van der Waals surface area contributed by atoms with Crippen LogP contribution in [-0.4, -0.2) is 52.1 Å². The summed E-state index contributed by atoms with van der Waals surface area (Å²) < 4.78 is 1.86. The van der Waals surface area contributed by atoms with E-state index < -0.39 is 6.04 Å². The number of aromatic nitrogens is 3. The number of fused-ring (bicyclic) bond motifs is 1. The molecule has 0 spiro atoms. The summed E-state index contributed by atoms with van der Waals surface area (Å²) in [6, 6.07) is 9.36. The second-order valence-corrected chi connectivity index (χ2v) is 10.4. The van der Waals surface area contributed by atoms with Gasteiger partial charge < -0.3 is 21.3 Å². The zero-order chi connectivity index (χ0) is 24.7. The molecule has 1 aliphatic carbocycles. The van der Waals surface area contributed by atoms with Gasteiger partial charge in [0.15, 0.2) is 5.65 Å². The first kappa shape index (κ1) is 23.8. The zero-order valence-corrected chi connectivity index (χ0v) is 21.0. The Hall–Kier alpha value is -2.97. The van der Waals surface area contributed by atoms with Gasteiger partial charge in [0.2, 0.25) is 5.91 Å². The average Bonchev–Trinajstić information content (AvgIpc) is 3.48. The van der Waals surface area contributed by atoms with Crippen LogP contribution >= 0.6 is 0 Å². The highest BCUT2D eigenvalue weighted by Gasteiger charge is 2.34. The second-order valence-electron chi connectivity index (χ2n) is 10.4. The van der Waals surface area contributed by atoms with Crippen LogP contribution in [-0.2, 0) is 4.79 Å². The van der Waals surface area contributed by atoms with Crippen molar-refractivity contribution in [1.29, 1.82) is 0 Å². The van der Waals surface area contributed by atoms with Crippen LogP contribution in [0.4, 0.5) is 5.69 Å². The van der Waals surface area contributed by atoms with E-state index in [0.717, 1.165) is 72.4 Å². The maximum Gasteiger partial charge on any atom is 0.244 e. The van der Waals surface area contributed by atoms with E-state index in [1.54, 1.807) is 0 Å². The summed E-state index contributed by atoms with van der Waals surface area (Å²) in [7, 11) is 3.94. The minimum absolute atomic E-state index is 0.0502. The van der Waals surface area contributed by atoms with Crippen LogP contribution in [0, 0.1) is 6.92 Å². The molecule has 2 fully saturated rings. The maximum absolute atomic E-state index is 13.7. The Kier molecular flexibility index (Phi) is 6.51. The number of para-hydroxylation sites is 1. The Balaban J connectivity index is 1.44. The molecule has 1 saturated carbocycles. The normalized spacial score (nSPS) is 23.6. The van der Waals surface area contributed by atoms with Crippen molar-refractivity contribution in [2.75, 3.05) is 25.5 Å². The molecule has 1 amide bonds. The molecule has 1 aliphatic heterocycles. The summed E-state index contributed by atoms with van der Waals surface area (Å²) in [6.45, 7) is 2.79. The molecule has 35 heavy (non-hydrogen) atoms. The summed E-state index contributed by atoms with van der Waals surface area (Å²) in [5.41, 5.74) is 18.6. The van der Waals surface area contributed by atoms with Crippen molar-refractivity contribution in [3.63, 3.8) is 0 Å². The lowest BCUT2D eigenvalue weighted by atomic mass is 9.96. The molecule has 0 bridgehead atoms. The lowest BCUT2D eigenvalue weighted by molar-refractivity contribution is -0.136. The third-order valence-corrected chi connectivity index (χ3v) is 7.70. The molecule has 1 saturated heterocycles. The van der Waals surface area contributed by atoms with Crippen molar-refractivity contribution >= 4 is 17.2 Å². The molecule has 5 rings (SSSR count). The zero-order valence-electron chi connectivity index (χ0n) is 21.0. The fourth-order valence-electron chi connectivity index (χ4n) is 5.86. The van der Waals surface area contributed by atoms with E-state index in [1.807, 2.05) is 58.7 Å². The fourth-order valence-corrected chi connectivity index (χ4v) is 5.86. The van der Waals surface area contributed by atoms with Gasteiger partial charge in [0, 0.05) is 56.1 Å². The number of anilines is 1. The Morgan fingerprint density at radius 1 is 1.17 bits per heavy atom.